The first-order valence-electron chi connectivity index (χ1n) is 9.44. The first kappa shape index (κ1) is 20.5. The molecule has 0 saturated heterocycles. The molecular formula is C21H25NO5S. The Bertz CT molecular complexity index is 824. The number of carbonyl (C=O) groups excluding carboxylic acids is 3. The minimum absolute atomic E-state index is 0.342. The lowest BCUT2D eigenvalue weighted by atomic mass is 9.93. The third-order valence-corrected chi connectivity index (χ3v) is 5.48. The highest BCUT2D eigenvalue weighted by Gasteiger charge is 2.34. The Morgan fingerprint density at radius 3 is 2.46 bits per heavy atom. The van der Waals surface area contributed by atoms with Crippen LogP contribution < -0.4 is 0 Å². The van der Waals surface area contributed by atoms with E-state index in [1.807, 2.05) is 32.9 Å². The predicted octanol–water partition coefficient (Wildman–Crippen LogP) is 3.90. The summed E-state index contributed by atoms with van der Waals surface area (Å²) in [5, 5.41) is 0. The smallest absolute Gasteiger partial charge is 0.410 e. The maximum Gasteiger partial charge on any atom is 0.410 e. The summed E-state index contributed by atoms with van der Waals surface area (Å²) in [4.78, 5) is 39.5. The van der Waals surface area contributed by atoms with Crippen molar-refractivity contribution in [2.24, 2.45) is 0 Å². The normalized spacial score (nSPS) is 18.6. The van der Waals surface area contributed by atoms with Crippen LogP contribution in [0.1, 0.15) is 49.5 Å². The highest BCUT2D eigenvalue weighted by atomic mass is 32.2. The molecule has 7 heteroatoms. The van der Waals surface area contributed by atoms with Crippen molar-refractivity contribution in [2.45, 2.75) is 39.2 Å². The molecule has 1 heterocycles. The van der Waals surface area contributed by atoms with Crippen molar-refractivity contribution in [1.29, 1.82) is 0 Å². The third-order valence-electron chi connectivity index (χ3n) is 4.32. The van der Waals surface area contributed by atoms with Crippen molar-refractivity contribution < 1.29 is 23.9 Å². The number of benzene rings is 1. The van der Waals surface area contributed by atoms with Crippen LogP contribution in [0.25, 0.3) is 5.76 Å². The minimum Gasteiger partial charge on any atom is -0.492 e. The van der Waals surface area contributed by atoms with Crippen LogP contribution in [0.15, 0.2) is 29.2 Å². The molecular weight excluding hydrogens is 378 g/mol. The maximum atomic E-state index is 12.6. The molecule has 0 radical (unpaired) electrons. The van der Waals surface area contributed by atoms with Crippen LogP contribution in [0.3, 0.4) is 0 Å². The molecule has 0 aromatic heterocycles. The van der Waals surface area contributed by atoms with Crippen LogP contribution in [0.4, 0.5) is 4.79 Å². The molecule has 0 atom stereocenters. The standard InChI is InChI=1S/C21H25NO5S/c1-21(2,3)27-20(25)22-10-6-12-26-18-15-9-5-4-8-14(15)16(23)17(24)19(18)28-13-7-11-22/h4-5,8-9H,6-7,10-13H2,1-3H3. The number of allylic oxidation sites excluding steroid dienone is 1. The van der Waals surface area contributed by atoms with Gasteiger partial charge in [-0.1, -0.05) is 24.3 Å². The zero-order valence-corrected chi connectivity index (χ0v) is 17.3. The molecule has 0 saturated carbocycles. The lowest BCUT2D eigenvalue weighted by Gasteiger charge is -2.27. The van der Waals surface area contributed by atoms with E-state index in [-0.39, 0.29) is 6.09 Å². The van der Waals surface area contributed by atoms with E-state index >= 15 is 0 Å². The molecule has 0 fully saturated rings. The van der Waals surface area contributed by atoms with Gasteiger partial charge in [-0.05, 0) is 39.4 Å². The molecule has 1 aliphatic carbocycles. The van der Waals surface area contributed by atoms with Gasteiger partial charge in [0.15, 0.2) is 0 Å². The average Bonchev–Trinajstić information content (AvgIpc) is 2.68. The monoisotopic (exact) mass is 403 g/mol. The number of carbonyl (C=O) groups is 3. The fourth-order valence-corrected chi connectivity index (χ4v) is 4.09. The number of rotatable bonds is 0. The predicted molar refractivity (Wildman–Crippen MR) is 108 cm³/mol. The van der Waals surface area contributed by atoms with Gasteiger partial charge in [0.05, 0.1) is 6.61 Å². The third kappa shape index (κ3) is 4.58. The Labute approximate surface area is 169 Å². The van der Waals surface area contributed by atoms with Crippen molar-refractivity contribution in [3.05, 3.63) is 40.3 Å². The number of nitrogens with zero attached hydrogens (tertiary/aromatic N) is 1. The van der Waals surface area contributed by atoms with Crippen LogP contribution >= 0.6 is 11.8 Å². The van der Waals surface area contributed by atoms with E-state index in [4.69, 9.17) is 9.47 Å². The molecule has 6 nitrogen and oxygen atoms in total. The Balaban J connectivity index is 1.78. The number of ether oxygens (including phenoxy) is 2. The summed E-state index contributed by atoms with van der Waals surface area (Å²) >= 11 is 1.32. The van der Waals surface area contributed by atoms with Gasteiger partial charge in [-0.15, -0.1) is 11.8 Å². The summed E-state index contributed by atoms with van der Waals surface area (Å²) in [5.74, 6) is 0.0800. The van der Waals surface area contributed by atoms with Gasteiger partial charge in [0.1, 0.15) is 16.3 Å². The SMILES string of the molecule is CC(C)(C)OC(=O)N1CCCOC2=C(SCCC1)C(=O)C(=O)c1ccccc12. The van der Waals surface area contributed by atoms with Crippen LogP contribution in [-0.4, -0.2) is 53.6 Å². The number of ketones is 2. The van der Waals surface area contributed by atoms with E-state index in [0.29, 0.717) is 60.1 Å². The maximum absolute atomic E-state index is 12.6. The lowest BCUT2D eigenvalue weighted by molar-refractivity contribution is -0.111. The van der Waals surface area contributed by atoms with Gasteiger partial charge in [0.2, 0.25) is 11.6 Å². The first-order valence-corrected chi connectivity index (χ1v) is 10.4. The first-order chi connectivity index (χ1) is 13.3. The van der Waals surface area contributed by atoms with E-state index in [0.717, 1.165) is 0 Å². The van der Waals surface area contributed by atoms with E-state index in [1.165, 1.54) is 11.8 Å². The van der Waals surface area contributed by atoms with Gasteiger partial charge >= 0.3 is 6.09 Å². The van der Waals surface area contributed by atoms with E-state index < -0.39 is 17.2 Å². The van der Waals surface area contributed by atoms with E-state index in [1.54, 1.807) is 17.0 Å². The molecule has 28 heavy (non-hydrogen) atoms. The Kier molecular flexibility index (Phi) is 6.13. The van der Waals surface area contributed by atoms with E-state index in [9.17, 15) is 14.4 Å². The minimum atomic E-state index is -0.550. The molecule has 1 amide bonds. The topological polar surface area (TPSA) is 72.9 Å². The number of fused-ring (bicyclic) bond motifs is 2. The second-order valence-electron chi connectivity index (χ2n) is 7.73. The quantitative estimate of drug-likeness (QED) is 0.612. The Morgan fingerprint density at radius 1 is 1.07 bits per heavy atom. The van der Waals surface area contributed by atoms with Crippen molar-refractivity contribution in [2.75, 3.05) is 25.4 Å². The summed E-state index contributed by atoms with van der Waals surface area (Å²) in [6, 6.07) is 7.04. The second kappa shape index (κ2) is 8.39. The average molecular weight is 404 g/mol. The van der Waals surface area contributed by atoms with Crippen molar-refractivity contribution >= 4 is 35.2 Å². The Hall–Kier alpha value is -2.28. The van der Waals surface area contributed by atoms with Gasteiger partial charge < -0.3 is 14.4 Å². The molecule has 150 valence electrons. The van der Waals surface area contributed by atoms with Crippen LogP contribution in [0.5, 0.6) is 0 Å². The summed E-state index contributed by atoms with van der Waals surface area (Å²) in [5.41, 5.74) is 0.501. The molecule has 0 unspecified atom stereocenters. The van der Waals surface area contributed by atoms with Gasteiger partial charge in [-0.25, -0.2) is 4.79 Å². The van der Waals surface area contributed by atoms with Crippen LogP contribution in [-0.2, 0) is 14.3 Å². The molecule has 3 rings (SSSR count). The molecule has 1 aromatic rings. The highest BCUT2D eigenvalue weighted by Crippen LogP contribution is 2.36. The van der Waals surface area contributed by atoms with Crippen molar-refractivity contribution in [3.63, 3.8) is 0 Å². The Morgan fingerprint density at radius 2 is 1.75 bits per heavy atom. The van der Waals surface area contributed by atoms with E-state index in [2.05, 4.69) is 0 Å². The zero-order chi connectivity index (χ0) is 20.3. The summed E-state index contributed by atoms with van der Waals surface area (Å²) < 4.78 is 11.4. The fourth-order valence-electron chi connectivity index (χ4n) is 3.08. The van der Waals surface area contributed by atoms with Gasteiger partial charge in [0.25, 0.3) is 0 Å². The van der Waals surface area contributed by atoms with Crippen LogP contribution in [0.2, 0.25) is 0 Å². The molecule has 1 aromatic carbocycles. The number of hydrogen-bond acceptors (Lipinski definition) is 6. The number of amides is 1. The molecule has 1 aliphatic heterocycles. The highest BCUT2D eigenvalue weighted by molar-refractivity contribution is 8.04. The molecule has 0 bridgehead atoms. The van der Waals surface area contributed by atoms with Gasteiger partial charge in [-0.3, -0.25) is 9.59 Å². The summed E-state index contributed by atoms with van der Waals surface area (Å²) in [6.07, 6.45) is 0.945. The van der Waals surface area contributed by atoms with Gasteiger partial charge in [-0.2, -0.15) is 0 Å². The number of hydrogen-bond donors (Lipinski definition) is 0. The van der Waals surface area contributed by atoms with Crippen LogP contribution in [0, 0.1) is 0 Å². The number of thioether (sulfide) groups is 1. The molecule has 2 aliphatic rings. The zero-order valence-electron chi connectivity index (χ0n) is 16.4. The summed E-state index contributed by atoms with van der Waals surface area (Å²) in [7, 11) is 0. The largest absolute Gasteiger partial charge is 0.492 e. The van der Waals surface area contributed by atoms with Crippen molar-refractivity contribution in [1.82, 2.24) is 4.90 Å². The number of Topliss-reactive ketones (excluding diaryl/α,β-unsaturated/α-hetero) is 2. The summed E-state index contributed by atoms with van der Waals surface area (Å²) in [6.45, 7) is 6.91. The fraction of sp³-hybridized carbons (Fsp3) is 0.476. The van der Waals surface area contributed by atoms with Gasteiger partial charge in [0, 0.05) is 24.2 Å². The molecule has 0 spiro atoms. The van der Waals surface area contributed by atoms with Crippen molar-refractivity contribution in [3.8, 4) is 0 Å². The lowest BCUT2D eigenvalue weighted by Crippen LogP contribution is -2.38. The second-order valence-corrected chi connectivity index (χ2v) is 8.84. The molecule has 0 N–H and O–H groups in total.